The average Bonchev–Trinajstić information content (AvgIpc) is 3.18. The van der Waals surface area contributed by atoms with Gasteiger partial charge in [-0.2, -0.15) is 9.94 Å². The van der Waals surface area contributed by atoms with Crippen molar-refractivity contribution in [3.05, 3.63) is 40.8 Å². The maximum Gasteiger partial charge on any atom is 0.212 e. The number of pyridine rings is 1. The second-order valence-corrected chi connectivity index (χ2v) is 6.19. The van der Waals surface area contributed by atoms with Gasteiger partial charge in [0.05, 0.1) is 5.69 Å². The highest BCUT2D eigenvalue weighted by atomic mass is 32.1. The molecule has 6 nitrogen and oxygen atoms in total. The lowest BCUT2D eigenvalue weighted by atomic mass is 10.0. The smallest absolute Gasteiger partial charge is 0.212 e. The van der Waals surface area contributed by atoms with Crippen LogP contribution in [0.4, 0.5) is 0 Å². The van der Waals surface area contributed by atoms with Crippen molar-refractivity contribution < 1.29 is 0 Å². The second kappa shape index (κ2) is 5.31. The summed E-state index contributed by atoms with van der Waals surface area (Å²) < 4.78 is 1.67. The Kier molecular flexibility index (Phi) is 3.16. The maximum absolute atomic E-state index is 9.30. The SMILES string of the molecule is N#Cc1nnn(-c2nc3c(s2)CCCC3)c1-c1cccnc1. The van der Waals surface area contributed by atoms with Crippen molar-refractivity contribution in [2.24, 2.45) is 0 Å². The van der Waals surface area contributed by atoms with Crippen LogP contribution in [0, 0.1) is 11.3 Å². The molecule has 7 heteroatoms. The molecule has 0 amide bonds. The Hall–Kier alpha value is -2.59. The van der Waals surface area contributed by atoms with E-state index in [9.17, 15) is 5.26 Å². The van der Waals surface area contributed by atoms with E-state index in [0.717, 1.165) is 29.2 Å². The lowest BCUT2D eigenvalue weighted by molar-refractivity contribution is 0.679. The normalized spacial score (nSPS) is 13.6. The molecule has 0 atom stereocenters. The zero-order chi connectivity index (χ0) is 14.9. The molecular formula is C15H12N6S. The summed E-state index contributed by atoms with van der Waals surface area (Å²) in [5.74, 6) is 0. The van der Waals surface area contributed by atoms with Crippen LogP contribution in [-0.4, -0.2) is 25.0 Å². The summed E-state index contributed by atoms with van der Waals surface area (Å²) in [6.45, 7) is 0. The third-order valence-electron chi connectivity index (χ3n) is 3.73. The minimum atomic E-state index is 0.293. The minimum Gasteiger partial charge on any atom is -0.264 e. The monoisotopic (exact) mass is 308 g/mol. The predicted molar refractivity (Wildman–Crippen MR) is 81.6 cm³/mol. The number of aryl methyl sites for hydroxylation is 2. The van der Waals surface area contributed by atoms with Crippen molar-refractivity contribution in [2.45, 2.75) is 25.7 Å². The van der Waals surface area contributed by atoms with E-state index in [0.29, 0.717) is 11.4 Å². The molecule has 3 aromatic rings. The van der Waals surface area contributed by atoms with Crippen LogP contribution in [0.2, 0.25) is 0 Å². The first-order valence-corrected chi connectivity index (χ1v) is 7.93. The van der Waals surface area contributed by atoms with Crippen LogP contribution in [0.25, 0.3) is 16.4 Å². The van der Waals surface area contributed by atoms with Gasteiger partial charge < -0.3 is 0 Å². The van der Waals surface area contributed by atoms with Crippen LogP contribution in [0.5, 0.6) is 0 Å². The Morgan fingerprint density at radius 2 is 2.18 bits per heavy atom. The first-order valence-electron chi connectivity index (χ1n) is 7.12. The van der Waals surface area contributed by atoms with Gasteiger partial charge in [0, 0.05) is 22.8 Å². The number of nitrogens with zero attached hydrogens (tertiary/aromatic N) is 6. The van der Waals surface area contributed by atoms with E-state index in [2.05, 4.69) is 21.4 Å². The minimum absolute atomic E-state index is 0.293. The lowest BCUT2D eigenvalue weighted by Gasteiger charge is -2.06. The largest absolute Gasteiger partial charge is 0.264 e. The van der Waals surface area contributed by atoms with Gasteiger partial charge in [-0.25, -0.2) is 4.98 Å². The molecule has 22 heavy (non-hydrogen) atoms. The van der Waals surface area contributed by atoms with Crippen molar-refractivity contribution in [1.29, 1.82) is 5.26 Å². The fraction of sp³-hybridized carbons (Fsp3) is 0.267. The molecule has 1 aliphatic carbocycles. The third kappa shape index (κ3) is 2.09. The number of aromatic nitrogens is 5. The summed E-state index contributed by atoms with van der Waals surface area (Å²) in [4.78, 5) is 10.2. The van der Waals surface area contributed by atoms with Gasteiger partial charge in [0.25, 0.3) is 0 Å². The van der Waals surface area contributed by atoms with E-state index in [4.69, 9.17) is 4.98 Å². The molecule has 3 heterocycles. The molecule has 0 radical (unpaired) electrons. The second-order valence-electron chi connectivity index (χ2n) is 5.13. The summed E-state index contributed by atoms with van der Waals surface area (Å²) in [7, 11) is 0. The Bertz CT molecular complexity index is 835. The summed E-state index contributed by atoms with van der Waals surface area (Å²) in [6.07, 6.45) is 7.91. The maximum atomic E-state index is 9.30. The standard InChI is InChI=1S/C15H12N6S/c16-8-12-14(10-4-3-7-17-9-10)21(20-19-12)15-18-11-5-1-2-6-13(11)22-15/h3-4,7,9H,1-2,5-6H2. The van der Waals surface area contributed by atoms with Gasteiger partial charge in [0.15, 0.2) is 5.69 Å². The Morgan fingerprint density at radius 1 is 1.27 bits per heavy atom. The van der Waals surface area contributed by atoms with Gasteiger partial charge in [0.2, 0.25) is 5.13 Å². The van der Waals surface area contributed by atoms with E-state index in [1.807, 2.05) is 12.1 Å². The molecule has 0 fully saturated rings. The van der Waals surface area contributed by atoms with Crippen LogP contribution in [-0.2, 0) is 12.8 Å². The fourth-order valence-corrected chi connectivity index (χ4v) is 3.78. The summed E-state index contributed by atoms with van der Waals surface area (Å²) >= 11 is 1.64. The zero-order valence-electron chi connectivity index (χ0n) is 11.7. The molecule has 0 bridgehead atoms. The Balaban J connectivity index is 1.88. The Labute approximate surface area is 131 Å². The number of hydrogen-bond acceptors (Lipinski definition) is 6. The van der Waals surface area contributed by atoms with Crippen molar-refractivity contribution >= 4 is 11.3 Å². The van der Waals surface area contributed by atoms with Gasteiger partial charge in [0.1, 0.15) is 11.8 Å². The van der Waals surface area contributed by atoms with Crippen molar-refractivity contribution in [1.82, 2.24) is 25.0 Å². The van der Waals surface area contributed by atoms with E-state index >= 15 is 0 Å². The molecule has 0 N–H and O–H groups in total. The summed E-state index contributed by atoms with van der Waals surface area (Å²) in [5, 5.41) is 18.2. The highest BCUT2D eigenvalue weighted by Gasteiger charge is 2.21. The number of rotatable bonds is 2. The molecule has 0 unspecified atom stereocenters. The number of hydrogen-bond donors (Lipinski definition) is 0. The van der Waals surface area contributed by atoms with E-state index in [1.165, 1.54) is 17.7 Å². The number of thiazole rings is 1. The van der Waals surface area contributed by atoms with E-state index in [-0.39, 0.29) is 0 Å². The van der Waals surface area contributed by atoms with E-state index < -0.39 is 0 Å². The molecule has 3 aromatic heterocycles. The summed E-state index contributed by atoms with van der Waals surface area (Å²) in [5.41, 5.74) is 2.93. The number of fused-ring (bicyclic) bond motifs is 1. The van der Waals surface area contributed by atoms with Crippen molar-refractivity contribution in [3.8, 4) is 22.5 Å². The Morgan fingerprint density at radius 3 is 2.95 bits per heavy atom. The first kappa shape index (κ1) is 13.1. The molecular weight excluding hydrogens is 296 g/mol. The van der Waals surface area contributed by atoms with E-state index in [1.54, 1.807) is 28.4 Å². The molecule has 108 valence electrons. The quantitative estimate of drug-likeness (QED) is 0.726. The van der Waals surface area contributed by atoms with Crippen LogP contribution >= 0.6 is 11.3 Å². The fourth-order valence-electron chi connectivity index (χ4n) is 2.68. The van der Waals surface area contributed by atoms with Gasteiger partial charge in [-0.1, -0.05) is 16.6 Å². The summed E-state index contributed by atoms with van der Waals surface area (Å²) in [6, 6.07) is 5.83. The van der Waals surface area contributed by atoms with Gasteiger partial charge in [-0.15, -0.1) is 5.10 Å². The van der Waals surface area contributed by atoms with Gasteiger partial charge >= 0.3 is 0 Å². The third-order valence-corrected chi connectivity index (χ3v) is 4.86. The number of nitriles is 1. The molecule has 0 saturated heterocycles. The topological polar surface area (TPSA) is 80.3 Å². The molecule has 0 aromatic carbocycles. The highest BCUT2D eigenvalue weighted by molar-refractivity contribution is 7.14. The predicted octanol–water partition coefficient (Wildman–Crippen LogP) is 2.54. The molecule has 1 aliphatic rings. The first-order chi connectivity index (χ1) is 10.9. The molecule has 4 rings (SSSR count). The zero-order valence-corrected chi connectivity index (χ0v) is 12.5. The van der Waals surface area contributed by atoms with Gasteiger partial charge in [-0.3, -0.25) is 4.98 Å². The van der Waals surface area contributed by atoms with Crippen molar-refractivity contribution in [3.63, 3.8) is 0 Å². The van der Waals surface area contributed by atoms with Crippen LogP contribution in [0.15, 0.2) is 24.5 Å². The van der Waals surface area contributed by atoms with Crippen LogP contribution in [0.3, 0.4) is 0 Å². The van der Waals surface area contributed by atoms with Crippen LogP contribution in [0.1, 0.15) is 29.1 Å². The average molecular weight is 308 g/mol. The van der Waals surface area contributed by atoms with Crippen LogP contribution < -0.4 is 0 Å². The lowest BCUT2D eigenvalue weighted by Crippen LogP contribution is -2.01. The molecule has 0 aliphatic heterocycles. The van der Waals surface area contributed by atoms with Crippen molar-refractivity contribution in [2.75, 3.05) is 0 Å². The highest BCUT2D eigenvalue weighted by Crippen LogP contribution is 2.31. The molecule has 0 saturated carbocycles. The van der Waals surface area contributed by atoms with Gasteiger partial charge in [-0.05, 0) is 37.8 Å². The molecule has 0 spiro atoms.